The van der Waals surface area contributed by atoms with Crippen molar-refractivity contribution in [3.05, 3.63) is 59.7 Å². The Kier molecular flexibility index (Phi) is 8.89. The van der Waals surface area contributed by atoms with Gasteiger partial charge in [0.05, 0.1) is 13.2 Å². The molecule has 0 radical (unpaired) electrons. The minimum absolute atomic E-state index is 0.0151. The van der Waals surface area contributed by atoms with Crippen molar-refractivity contribution in [1.82, 2.24) is 4.90 Å². The van der Waals surface area contributed by atoms with Crippen LogP contribution in [0.3, 0.4) is 0 Å². The first-order chi connectivity index (χ1) is 16.0. The Bertz CT molecular complexity index is 981. The number of benzene rings is 2. The Balaban J connectivity index is 1.57. The molecule has 0 aromatic heterocycles. The van der Waals surface area contributed by atoms with Gasteiger partial charge in [-0.15, -0.1) is 0 Å². The molecular formula is C26H33N3O4. The third-order valence-electron chi connectivity index (χ3n) is 5.59. The molecule has 7 nitrogen and oxygen atoms in total. The number of rotatable bonds is 10. The van der Waals surface area contributed by atoms with Crippen molar-refractivity contribution >= 4 is 23.6 Å². The summed E-state index contributed by atoms with van der Waals surface area (Å²) >= 11 is 0. The molecule has 2 aromatic carbocycles. The number of nitrogens with one attached hydrogen (secondary N) is 1. The highest BCUT2D eigenvalue weighted by Gasteiger charge is 2.22. The van der Waals surface area contributed by atoms with Crippen LogP contribution in [0.1, 0.15) is 37.8 Å². The van der Waals surface area contributed by atoms with Gasteiger partial charge in [0.15, 0.2) is 11.5 Å². The van der Waals surface area contributed by atoms with E-state index in [1.807, 2.05) is 56.3 Å². The van der Waals surface area contributed by atoms with Crippen molar-refractivity contribution in [2.24, 2.45) is 11.7 Å². The summed E-state index contributed by atoms with van der Waals surface area (Å²) in [6, 6.07) is 13.4. The zero-order chi connectivity index (χ0) is 23.6. The number of nitrogens with zero attached hydrogens (tertiary/aromatic N) is 1. The summed E-state index contributed by atoms with van der Waals surface area (Å²) < 4.78 is 11.2. The zero-order valence-electron chi connectivity index (χ0n) is 19.4. The van der Waals surface area contributed by atoms with Crippen LogP contribution in [0, 0.1) is 5.92 Å². The number of anilines is 1. The molecule has 2 aromatic rings. The van der Waals surface area contributed by atoms with Gasteiger partial charge in [-0.05, 0) is 81.2 Å². The molecule has 1 heterocycles. The molecule has 3 rings (SSSR count). The number of likely N-dealkylation sites (tertiary alicyclic amines) is 1. The lowest BCUT2D eigenvalue weighted by Gasteiger charge is -2.30. The molecule has 0 spiro atoms. The summed E-state index contributed by atoms with van der Waals surface area (Å²) in [6.07, 6.45) is 4.85. The molecule has 0 aliphatic carbocycles. The largest absolute Gasteiger partial charge is 0.490 e. The maximum absolute atomic E-state index is 12.5. The van der Waals surface area contributed by atoms with E-state index < -0.39 is 0 Å². The van der Waals surface area contributed by atoms with Crippen LogP contribution in [0.25, 0.3) is 6.08 Å². The summed E-state index contributed by atoms with van der Waals surface area (Å²) in [5, 5.41) is 2.92. The predicted octanol–water partition coefficient (Wildman–Crippen LogP) is 3.83. The van der Waals surface area contributed by atoms with Crippen molar-refractivity contribution in [2.75, 3.05) is 31.6 Å². The van der Waals surface area contributed by atoms with Gasteiger partial charge in [0.1, 0.15) is 0 Å². The average molecular weight is 452 g/mol. The summed E-state index contributed by atoms with van der Waals surface area (Å²) in [4.78, 5) is 26.1. The molecule has 0 unspecified atom stereocenters. The van der Waals surface area contributed by atoms with Gasteiger partial charge in [-0.25, -0.2) is 0 Å². The SMILES string of the molecule is CCOc1ccc(C=CC(=O)Nc2cccc(CN3CCC(C(N)=O)CC3)c2)cc1OCC. The third kappa shape index (κ3) is 7.36. The van der Waals surface area contributed by atoms with Crippen LogP contribution in [0.5, 0.6) is 11.5 Å². The van der Waals surface area contributed by atoms with E-state index in [1.165, 1.54) is 6.08 Å². The summed E-state index contributed by atoms with van der Waals surface area (Å²) in [5.41, 5.74) is 8.13. The number of hydrogen-bond acceptors (Lipinski definition) is 5. The molecular weight excluding hydrogens is 418 g/mol. The highest BCUT2D eigenvalue weighted by atomic mass is 16.5. The first kappa shape index (κ1) is 24.3. The lowest BCUT2D eigenvalue weighted by atomic mass is 9.96. The lowest BCUT2D eigenvalue weighted by Crippen LogP contribution is -2.38. The molecule has 0 saturated carbocycles. The third-order valence-corrected chi connectivity index (χ3v) is 5.59. The Morgan fingerprint density at radius 1 is 1.06 bits per heavy atom. The van der Waals surface area contributed by atoms with E-state index in [2.05, 4.69) is 10.2 Å². The van der Waals surface area contributed by atoms with Crippen molar-refractivity contribution in [2.45, 2.75) is 33.2 Å². The van der Waals surface area contributed by atoms with Crippen LogP contribution in [-0.2, 0) is 16.1 Å². The molecule has 176 valence electrons. The minimum Gasteiger partial charge on any atom is -0.490 e. The molecule has 3 N–H and O–H groups in total. The van der Waals surface area contributed by atoms with Gasteiger partial charge in [-0.1, -0.05) is 18.2 Å². The van der Waals surface area contributed by atoms with Crippen LogP contribution in [0.15, 0.2) is 48.5 Å². The van der Waals surface area contributed by atoms with E-state index >= 15 is 0 Å². The van der Waals surface area contributed by atoms with Crippen molar-refractivity contribution in [3.63, 3.8) is 0 Å². The molecule has 7 heteroatoms. The van der Waals surface area contributed by atoms with Crippen LogP contribution in [0.4, 0.5) is 5.69 Å². The number of carbonyl (C=O) groups is 2. The maximum atomic E-state index is 12.5. The second-order valence-corrected chi connectivity index (χ2v) is 8.05. The molecule has 33 heavy (non-hydrogen) atoms. The molecule has 1 fully saturated rings. The first-order valence-corrected chi connectivity index (χ1v) is 11.5. The van der Waals surface area contributed by atoms with Crippen molar-refractivity contribution < 1.29 is 19.1 Å². The number of carbonyl (C=O) groups excluding carboxylic acids is 2. The van der Waals surface area contributed by atoms with Crippen molar-refractivity contribution in [3.8, 4) is 11.5 Å². The fraction of sp³-hybridized carbons (Fsp3) is 0.385. The second kappa shape index (κ2) is 12.1. The Morgan fingerprint density at radius 2 is 1.79 bits per heavy atom. The summed E-state index contributed by atoms with van der Waals surface area (Å²) in [6.45, 7) is 7.40. The normalized spacial score (nSPS) is 14.8. The van der Waals surface area contributed by atoms with Gasteiger partial charge in [-0.3, -0.25) is 14.5 Å². The van der Waals surface area contributed by atoms with E-state index in [0.29, 0.717) is 24.7 Å². The monoisotopic (exact) mass is 451 g/mol. The van der Waals surface area contributed by atoms with E-state index in [1.54, 1.807) is 6.08 Å². The van der Waals surface area contributed by atoms with Crippen molar-refractivity contribution in [1.29, 1.82) is 0 Å². The highest BCUT2D eigenvalue weighted by Crippen LogP contribution is 2.29. The smallest absolute Gasteiger partial charge is 0.248 e. The first-order valence-electron chi connectivity index (χ1n) is 11.5. The Labute approximate surface area is 195 Å². The van der Waals surface area contributed by atoms with Gasteiger partial charge in [0, 0.05) is 24.2 Å². The molecule has 2 amide bonds. The van der Waals surface area contributed by atoms with Gasteiger partial charge in [-0.2, -0.15) is 0 Å². The number of nitrogens with two attached hydrogens (primary N) is 1. The topological polar surface area (TPSA) is 93.9 Å². The summed E-state index contributed by atoms with van der Waals surface area (Å²) in [5.74, 6) is 0.928. The minimum atomic E-state index is -0.207. The Hall–Kier alpha value is -3.32. The van der Waals surface area contributed by atoms with Gasteiger partial charge < -0.3 is 20.5 Å². The Morgan fingerprint density at radius 3 is 2.48 bits per heavy atom. The fourth-order valence-electron chi connectivity index (χ4n) is 3.91. The number of hydrogen-bond donors (Lipinski definition) is 2. The fourth-order valence-corrected chi connectivity index (χ4v) is 3.91. The van der Waals surface area contributed by atoms with E-state index in [0.717, 1.165) is 49.3 Å². The molecule has 1 aliphatic heterocycles. The molecule has 1 saturated heterocycles. The maximum Gasteiger partial charge on any atom is 0.248 e. The van der Waals surface area contributed by atoms with Gasteiger partial charge in [0.2, 0.25) is 11.8 Å². The highest BCUT2D eigenvalue weighted by molar-refractivity contribution is 6.02. The standard InChI is InChI=1S/C26H33N3O4/c1-3-32-23-10-8-19(17-24(23)33-4-2)9-11-25(30)28-22-7-5-6-20(16-22)18-29-14-12-21(13-15-29)26(27)31/h5-11,16-17,21H,3-4,12-15,18H2,1-2H3,(H2,27,31)(H,28,30). The zero-order valence-corrected chi connectivity index (χ0v) is 19.4. The van der Waals surface area contributed by atoms with Gasteiger partial charge >= 0.3 is 0 Å². The number of piperidine rings is 1. The van der Waals surface area contributed by atoms with Crippen LogP contribution >= 0.6 is 0 Å². The van der Waals surface area contributed by atoms with E-state index in [4.69, 9.17) is 15.2 Å². The molecule has 1 aliphatic rings. The lowest BCUT2D eigenvalue weighted by molar-refractivity contribution is -0.123. The molecule has 0 atom stereocenters. The van der Waals surface area contributed by atoms with Crippen LogP contribution < -0.4 is 20.5 Å². The second-order valence-electron chi connectivity index (χ2n) is 8.05. The number of ether oxygens (including phenoxy) is 2. The predicted molar refractivity (Wildman–Crippen MR) is 130 cm³/mol. The van der Waals surface area contributed by atoms with Crippen LogP contribution in [-0.4, -0.2) is 43.0 Å². The summed E-state index contributed by atoms with van der Waals surface area (Å²) in [7, 11) is 0. The van der Waals surface area contributed by atoms with E-state index in [9.17, 15) is 9.59 Å². The molecule has 0 bridgehead atoms. The number of primary amides is 1. The van der Waals surface area contributed by atoms with Gasteiger partial charge in [0.25, 0.3) is 0 Å². The quantitative estimate of drug-likeness (QED) is 0.536. The average Bonchev–Trinajstić information content (AvgIpc) is 2.80. The van der Waals surface area contributed by atoms with E-state index in [-0.39, 0.29) is 17.7 Å². The number of amides is 2. The van der Waals surface area contributed by atoms with Crippen LogP contribution in [0.2, 0.25) is 0 Å².